The van der Waals surface area contributed by atoms with Gasteiger partial charge in [-0.3, -0.25) is 101 Å². The van der Waals surface area contributed by atoms with E-state index in [2.05, 4.69) is 75.3 Å². The van der Waals surface area contributed by atoms with Gasteiger partial charge in [0.05, 0.1) is 45.0 Å². The van der Waals surface area contributed by atoms with E-state index in [1.807, 2.05) is 57.7 Å². The third-order valence-corrected chi connectivity index (χ3v) is 23.4. The van der Waals surface area contributed by atoms with Gasteiger partial charge in [-0.05, 0) is 230 Å². The van der Waals surface area contributed by atoms with Crippen LogP contribution in [0.3, 0.4) is 0 Å². The Balaban J connectivity index is 1.00. The minimum atomic E-state index is -1.76. The number of phenolic OH excluding ortho intramolecular Hbond substituents is 2. The van der Waals surface area contributed by atoms with E-state index in [9.17, 15) is 102 Å². The molecule has 45 heteroatoms. The van der Waals surface area contributed by atoms with Crippen molar-refractivity contribution >= 4 is 118 Å². The maximum atomic E-state index is 14.5. The van der Waals surface area contributed by atoms with Gasteiger partial charge in [0, 0.05) is 158 Å². The molecule has 806 valence electrons. The number of aliphatic carboxylic acids is 3. The topological polar surface area (TPSA) is 582 Å². The van der Waals surface area contributed by atoms with Gasteiger partial charge < -0.3 is 106 Å². The molecule has 0 spiro atoms. The Kier molecular flexibility index (Phi) is 50.7. The molecule has 0 bridgehead atoms. The molecule has 2 saturated heterocycles. The van der Waals surface area contributed by atoms with Crippen molar-refractivity contribution < 1.29 is 135 Å². The highest BCUT2D eigenvalue weighted by atomic mass is 127. The Hall–Kier alpha value is -11.8. The number of ether oxygens (including phenoxy) is 7. The fraction of sp³-hybridized carbons (Fsp3) is 0.640. The first-order valence-electron chi connectivity index (χ1n) is 49.4. The highest BCUT2D eigenvalue weighted by Gasteiger charge is 2.37. The highest BCUT2D eigenvalue weighted by molar-refractivity contribution is 14.1. The summed E-state index contributed by atoms with van der Waals surface area (Å²) in [6.45, 7) is 27.9. The molecule has 4 aromatic rings. The second kappa shape index (κ2) is 60.3. The lowest BCUT2D eigenvalue weighted by molar-refractivity contribution is -0.163. The number of nitrogens with zero attached hydrogens (tertiary/aromatic N) is 8. The number of benzene rings is 3. The Morgan fingerprint density at radius 1 is 0.462 bits per heavy atom. The number of unbranched alkanes of at least 4 members (excludes halogenated alkanes) is 1. The number of amides is 9. The average molecular weight is 2150 g/mol. The van der Waals surface area contributed by atoms with Crippen LogP contribution in [0.5, 0.6) is 17.2 Å². The molecule has 3 heterocycles. The molecule has 6 rings (SSSR count). The van der Waals surface area contributed by atoms with Crippen molar-refractivity contribution in [2.24, 2.45) is 0 Å². The summed E-state index contributed by atoms with van der Waals surface area (Å²) in [4.78, 5) is 223. The lowest BCUT2D eigenvalue weighted by Crippen LogP contribution is -2.57. The minimum absolute atomic E-state index is 0.00286. The van der Waals surface area contributed by atoms with Crippen LogP contribution in [0.1, 0.15) is 234 Å². The maximum Gasteiger partial charge on any atom is 0.323 e. The predicted octanol–water partition coefficient (Wildman–Crippen LogP) is 5.43. The van der Waals surface area contributed by atoms with Gasteiger partial charge in [-0.2, -0.15) is 0 Å². The van der Waals surface area contributed by atoms with Crippen LogP contribution in [0.4, 0.5) is 0 Å². The van der Waals surface area contributed by atoms with Gasteiger partial charge in [0.2, 0.25) is 53.1 Å². The first-order valence-corrected chi connectivity index (χ1v) is 50.5. The SMILES string of the molecule is CCNC(=O)c1nnc(-c2cc(C(C)C)c(O)cc2O)n1-c1ccc(OC2CCN(C(=O)CCNC(=O)[C@@H](CCC(=O)O)NC(=O)[C@@H](CCC(=O)O)NC(=O)[C@@H](CCC(=O)O)NC(=O)COCCOCCNC(=O)[C@H](CCCCNC(=O)CC[C@H](C(=O)OC(C)(C)C)N3CCN(CC(=O)OC(C)(C)C)CCN(CC(=O)OC(C)(C)C)CCN(CC(=O)OC(C)(C)C)CC3)NC(=O)CCCc3ccc(I)cc3)CC2)cc1. The number of carbonyl (C=O) groups excluding carboxylic acids is 13. The Morgan fingerprint density at radius 3 is 1.45 bits per heavy atom. The van der Waals surface area contributed by atoms with Crippen molar-refractivity contribution in [2.75, 3.05) is 138 Å². The summed E-state index contributed by atoms with van der Waals surface area (Å²) >= 11 is 2.20. The van der Waals surface area contributed by atoms with Crippen molar-refractivity contribution in [3.63, 3.8) is 0 Å². The van der Waals surface area contributed by atoms with E-state index in [-0.39, 0.29) is 202 Å². The van der Waals surface area contributed by atoms with Crippen LogP contribution in [0.2, 0.25) is 0 Å². The first-order chi connectivity index (χ1) is 68.2. The van der Waals surface area contributed by atoms with E-state index in [0.717, 1.165) is 9.13 Å². The number of rotatable bonds is 55. The second-order valence-electron chi connectivity index (χ2n) is 40.0. The van der Waals surface area contributed by atoms with E-state index in [1.54, 1.807) is 125 Å². The Bertz CT molecular complexity index is 4900. The lowest BCUT2D eigenvalue weighted by atomic mass is 9.98. The molecule has 0 saturated carbocycles. The van der Waals surface area contributed by atoms with Gasteiger partial charge in [0.15, 0.2) is 5.82 Å². The number of carboxylic acid groups (broad SMARTS) is 3. The third-order valence-electron chi connectivity index (χ3n) is 22.7. The van der Waals surface area contributed by atoms with Crippen LogP contribution in [0.15, 0.2) is 60.7 Å². The standard InChI is InChI=1S/C100H151IN16O28/c1-16-102-95(137)90-111-110-89(71-58-70(64(2)3)77(118)59-78(71)119)117(90)67-27-29-68(30-28-67)141-69-40-45-116(46-41-69)82(123)39-43-104-92(134)73(31-36-83(124)125)108-94(136)75(33-38-85(128)129)109-93(135)74(32-37-84(126)127)107-81(122)63-140-57-56-139-55-44-105-91(133)72(106-80(121)22-19-20-65-23-25-66(101)26-24-65)21-17-18-42-103-79(120)35-34-76(96(138)145-100(13,14)15)115-53-51-113(61-87(131)143-98(7,8)9)49-47-112(60-86(130)142-97(4,5)6)48-50-114(52-54-115)62-88(132)144-99(10,11)12/h23-30,58-59,64,69,72-76,118-119H,16-22,31-57,60-63H2,1-15H3,(H,102,137)(H,103,120)(H,104,134)(H,105,133)(H,106,121)(H,107,122)(H,108,136)(H,109,135)(H,124,125)(H,126,127)(H,128,129)/t72-,73+,74+,75+,76+/m0/s1. The lowest BCUT2D eigenvalue weighted by Gasteiger charge is -2.37. The van der Waals surface area contributed by atoms with E-state index in [1.165, 1.54) is 10.6 Å². The van der Waals surface area contributed by atoms with Gasteiger partial charge in [0.1, 0.15) is 82.6 Å². The summed E-state index contributed by atoms with van der Waals surface area (Å²) in [6.07, 6.45) is -1.51. The van der Waals surface area contributed by atoms with Gasteiger partial charge in [0.25, 0.3) is 5.91 Å². The number of piperidine rings is 1. The molecule has 44 nitrogen and oxygen atoms in total. The van der Waals surface area contributed by atoms with E-state index in [4.69, 9.17) is 33.2 Å². The van der Waals surface area contributed by atoms with Gasteiger partial charge in [-0.25, -0.2) is 0 Å². The first kappa shape index (κ1) is 122. The largest absolute Gasteiger partial charge is 0.508 e. The molecule has 2 aliphatic rings. The van der Waals surface area contributed by atoms with Crippen molar-refractivity contribution in [3.8, 4) is 34.3 Å². The monoisotopic (exact) mass is 2150 g/mol. The average Bonchev–Trinajstić information content (AvgIpc) is 1.64. The fourth-order valence-corrected chi connectivity index (χ4v) is 16.0. The molecular formula is C100H151IN16O28. The quantitative estimate of drug-likeness (QED) is 0.0113. The van der Waals surface area contributed by atoms with E-state index >= 15 is 0 Å². The smallest absolute Gasteiger partial charge is 0.323 e. The zero-order valence-electron chi connectivity index (χ0n) is 86.3. The van der Waals surface area contributed by atoms with Crippen molar-refractivity contribution in [3.05, 3.63) is 81.2 Å². The molecule has 2 aliphatic heterocycles. The molecule has 5 atom stereocenters. The molecule has 9 amide bonds. The molecule has 2 fully saturated rings. The summed E-state index contributed by atoms with van der Waals surface area (Å²) in [7, 11) is 0. The Labute approximate surface area is 860 Å². The summed E-state index contributed by atoms with van der Waals surface area (Å²) in [5, 5.41) is 79.7. The van der Waals surface area contributed by atoms with Crippen molar-refractivity contribution in [1.82, 2.24) is 81.8 Å². The zero-order chi connectivity index (χ0) is 107. The number of hydrogen-bond donors (Lipinski definition) is 13. The number of phenols is 2. The van der Waals surface area contributed by atoms with Crippen molar-refractivity contribution in [2.45, 2.75) is 278 Å². The number of nitrogens with one attached hydrogen (secondary N) is 8. The summed E-state index contributed by atoms with van der Waals surface area (Å²) in [5.41, 5.74) is -1.03. The molecule has 0 unspecified atom stereocenters. The van der Waals surface area contributed by atoms with E-state index < -0.39 is 175 Å². The number of aryl methyl sites for hydroxylation is 1. The minimum Gasteiger partial charge on any atom is -0.508 e. The van der Waals surface area contributed by atoms with Gasteiger partial charge >= 0.3 is 41.8 Å². The molecule has 145 heavy (non-hydrogen) atoms. The molecule has 0 radical (unpaired) electrons. The number of likely N-dealkylation sites (tertiary alicyclic amines) is 1. The summed E-state index contributed by atoms with van der Waals surface area (Å²) < 4.78 is 43.2. The van der Waals surface area contributed by atoms with Gasteiger partial charge in [-0.1, -0.05) is 26.0 Å². The number of esters is 4. The molecular weight excluding hydrogens is 2000 g/mol. The number of aromatic nitrogens is 3. The van der Waals surface area contributed by atoms with Crippen LogP contribution >= 0.6 is 22.6 Å². The van der Waals surface area contributed by atoms with Crippen LogP contribution < -0.4 is 47.3 Å². The predicted molar refractivity (Wildman–Crippen MR) is 539 cm³/mol. The molecule has 3 aromatic carbocycles. The number of carbonyl (C=O) groups is 16. The Morgan fingerprint density at radius 2 is 0.945 bits per heavy atom. The summed E-state index contributed by atoms with van der Waals surface area (Å²) in [6, 6.07) is 10.4. The van der Waals surface area contributed by atoms with Crippen LogP contribution in [0.25, 0.3) is 17.1 Å². The third kappa shape index (κ3) is 47.5. The van der Waals surface area contributed by atoms with Gasteiger partial charge in [-0.15, -0.1) is 10.2 Å². The maximum absolute atomic E-state index is 14.5. The van der Waals surface area contributed by atoms with Crippen LogP contribution in [-0.4, -0.2) is 356 Å². The summed E-state index contributed by atoms with van der Waals surface area (Å²) in [5.74, 6) is -12.4. The van der Waals surface area contributed by atoms with E-state index in [0.29, 0.717) is 75.2 Å². The van der Waals surface area contributed by atoms with Crippen LogP contribution in [0, 0.1) is 3.57 Å². The number of carboxylic acids is 3. The van der Waals surface area contributed by atoms with Crippen LogP contribution in [-0.2, 0) is 107 Å². The molecule has 1 aromatic heterocycles. The molecule has 0 aliphatic carbocycles. The zero-order valence-corrected chi connectivity index (χ0v) is 88.4. The van der Waals surface area contributed by atoms with Crippen molar-refractivity contribution in [1.29, 1.82) is 0 Å². The highest BCUT2D eigenvalue weighted by Crippen LogP contribution is 2.39. The fourth-order valence-electron chi connectivity index (χ4n) is 15.7. The number of aromatic hydroxyl groups is 2. The number of hydrogen-bond acceptors (Lipinski definition) is 31. The number of halogens is 1. The molecule has 13 N–H and O–H groups in total. The second-order valence-corrected chi connectivity index (χ2v) is 41.3. The normalized spacial score (nSPS) is 15.1.